The number of hydrogen-bond acceptors (Lipinski definition) is 3. The molecule has 0 radical (unpaired) electrons. The molecule has 0 aliphatic carbocycles. The third-order valence-electron chi connectivity index (χ3n) is 3.51. The first-order valence-electron chi connectivity index (χ1n) is 7.08. The van der Waals surface area contributed by atoms with Crippen LogP contribution in [0.25, 0.3) is 0 Å². The standard InChI is InChI=1S/C15H22ClFN2O/c1-15(2,17)11-19-8-5-12(6-9-19)10-20-13-4-3-7-18-14(13)16/h3-4,7,12H,5-6,8-11H2,1-2H3. The first-order chi connectivity index (χ1) is 9.44. The lowest BCUT2D eigenvalue weighted by atomic mass is 9.97. The van der Waals surface area contributed by atoms with Crippen LogP contribution in [0.3, 0.4) is 0 Å². The topological polar surface area (TPSA) is 25.4 Å². The minimum Gasteiger partial charge on any atom is -0.490 e. The van der Waals surface area contributed by atoms with Gasteiger partial charge >= 0.3 is 0 Å². The molecular formula is C15H22ClFN2O. The van der Waals surface area contributed by atoms with Gasteiger partial charge in [-0.1, -0.05) is 11.6 Å². The van der Waals surface area contributed by atoms with E-state index in [9.17, 15) is 4.39 Å². The average molecular weight is 301 g/mol. The Balaban J connectivity index is 1.74. The molecule has 5 heteroatoms. The van der Waals surface area contributed by atoms with E-state index < -0.39 is 5.67 Å². The molecule has 3 nitrogen and oxygen atoms in total. The van der Waals surface area contributed by atoms with Crippen molar-refractivity contribution in [2.45, 2.75) is 32.4 Å². The van der Waals surface area contributed by atoms with Crippen molar-refractivity contribution in [3.63, 3.8) is 0 Å². The Labute approximate surface area is 125 Å². The minimum atomic E-state index is -1.12. The fourth-order valence-electron chi connectivity index (χ4n) is 2.53. The monoisotopic (exact) mass is 300 g/mol. The summed E-state index contributed by atoms with van der Waals surface area (Å²) in [4.78, 5) is 6.17. The van der Waals surface area contributed by atoms with Gasteiger partial charge in [-0.25, -0.2) is 9.37 Å². The summed E-state index contributed by atoms with van der Waals surface area (Å²) >= 11 is 5.95. The molecule has 2 rings (SSSR count). The molecule has 0 bridgehead atoms. The molecular weight excluding hydrogens is 279 g/mol. The quantitative estimate of drug-likeness (QED) is 0.777. The SMILES string of the molecule is CC(C)(F)CN1CCC(COc2cccnc2Cl)CC1. The van der Waals surface area contributed by atoms with Gasteiger partial charge in [0.2, 0.25) is 0 Å². The summed E-state index contributed by atoms with van der Waals surface area (Å²) in [7, 11) is 0. The molecule has 0 atom stereocenters. The lowest BCUT2D eigenvalue weighted by Gasteiger charge is -2.34. The zero-order valence-electron chi connectivity index (χ0n) is 12.1. The van der Waals surface area contributed by atoms with Gasteiger partial charge in [0.1, 0.15) is 5.67 Å². The van der Waals surface area contributed by atoms with Crippen molar-refractivity contribution in [3.8, 4) is 5.75 Å². The molecule has 0 aromatic carbocycles. The van der Waals surface area contributed by atoms with Gasteiger partial charge in [0.15, 0.2) is 10.9 Å². The summed E-state index contributed by atoms with van der Waals surface area (Å²) < 4.78 is 19.3. The first kappa shape index (κ1) is 15.5. The van der Waals surface area contributed by atoms with Crippen LogP contribution in [-0.4, -0.2) is 41.8 Å². The number of likely N-dealkylation sites (tertiary alicyclic amines) is 1. The van der Waals surface area contributed by atoms with Crippen molar-refractivity contribution in [2.24, 2.45) is 5.92 Å². The van der Waals surface area contributed by atoms with Crippen molar-refractivity contribution >= 4 is 11.6 Å². The highest BCUT2D eigenvalue weighted by Gasteiger charge is 2.25. The second-order valence-electron chi connectivity index (χ2n) is 6.04. The van der Waals surface area contributed by atoms with Crippen molar-refractivity contribution in [1.29, 1.82) is 0 Å². The maximum Gasteiger partial charge on any atom is 0.171 e. The van der Waals surface area contributed by atoms with E-state index in [0.29, 0.717) is 30.0 Å². The summed E-state index contributed by atoms with van der Waals surface area (Å²) in [6, 6.07) is 3.64. The molecule has 2 heterocycles. The van der Waals surface area contributed by atoms with Gasteiger partial charge in [-0.3, -0.25) is 0 Å². The third kappa shape index (κ3) is 4.91. The van der Waals surface area contributed by atoms with Crippen LogP contribution in [-0.2, 0) is 0 Å². The van der Waals surface area contributed by atoms with Crippen LogP contribution in [0.2, 0.25) is 5.15 Å². The van der Waals surface area contributed by atoms with Gasteiger partial charge < -0.3 is 9.64 Å². The Kier molecular flexibility index (Phi) is 5.22. The molecule has 1 aliphatic heterocycles. The summed E-state index contributed by atoms with van der Waals surface area (Å²) in [5, 5.41) is 0.407. The molecule has 0 amide bonds. The van der Waals surface area contributed by atoms with Crippen LogP contribution < -0.4 is 4.74 Å². The van der Waals surface area contributed by atoms with Crippen molar-refractivity contribution < 1.29 is 9.13 Å². The Hall–Kier alpha value is -0.870. The smallest absolute Gasteiger partial charge is 0.171 e. The van der Waals surface area contributed by atoms with Gasteiger partial charge in [-0.15, -0.1) is 0 Å². The highest BCUT2D eigenvalue weighted by atomic mass is 35.5. The average Bonchev–Trinajstić information content (AvgIpc) is 2.38. The van der Waals surface area contributed by atoms with Crippen molar-refractivity contribution in [3.05, 3.63) is 23.5 Å². The summed E-state index contributed by atoms with van der Waals surface area (Å²) in [6.45, 7) is 6.29. The Morgan fingerprint density at radius 1 is 1.45 bits per heavy atom. The van der Waals surface area contributed by atoms with Gasteiger partial charge in [-0.2, -0.15) is 0 Å². The van der Waals surface area contributed by atoms with E-state index in [1.54, 1.807) is 20.0 Å². The number of nitrogens with zero attached hydrogens (tertiary/aromatic N) is 2. The number of pyridine rings is 1. The fourth-order valence-corrected chi connectivity index (χ4v) is 2.70. The Morgan fingerprint density at radius 3 is 2.75 bits per heavy atom. The lowest BCUT2D eigenvalue weighted by molar-refractivity contribution is 0.0836. The van der Waals surface area contributed by atoms with Crippen LogP contribution in [0.15, 0.2) is 18.3 Å². The molecule has 1 saturated heterocycles. The molecule has 0 unspecified atom stereocenters. The maximum atomic E-state index is 13.6. The van der Waals surface area contributed by atoms with E-state index in [0.717, 1.165) is 25.9 Å². The number of hydrogen-bond donors (Lipinski definition) is 0. The normalized spacial score (nSPS) is 18.2. The number of aromatic nitrogens is 1. The molecule has 1 aliphatic rings. The molecule has 1 aromatic rings. The Bertz CT molecular complexity index is 428. The number of ether oxygens (including phenoxy) is 1. The molecule has 112 valence electrons. The first-order valence-corrected chi connectivity index (χ1v) is 7.46. The van der Waals surface area contributed by atoms with Crippen LogP contribution in [0, 0.1) is 5.92 Å². The van der Waals surface area contributed by atoms with Crippen LogP contribution >= 0.6 is 11.6 Å². The van der Waals surface area contributed by atoms with E-state index in [1.165, 1.54) is 0 Å². The Morgan fingerprint density at radius 2 is 2.15 bits per heavy atom. The second-order valence-corrected chi connectivity index (χ2v) is 6.40. The number of piperidine rings is 1. The van der Waals surface area contributed by atoms with Gasteiger partial charge in [0.25, 0.3) is 0 Å². The van der Waals surface area contributed by atoms with Crippen LogP contribution in [0.4, 0.5) is 4.39 Å². The van der Waals surface area contributed by atoms with E-state index in [4.69, 9.17) is 16.3 Å². The van der Waals surface area contributed by atoms with E-state index in [1.807, 2.05) is 12.1 Å². The lowest BCUT2D eigenvalue weighted by Crippen LogP contribution is -2.41. The van der Waals surface area contributed by atoms with Crippen molar-refractivity contribution in [2.75, 3.05) is 26.2 Å². The van der Waals surface area contributed by atoms with E-state index in [-0.39, 0.29) is 0 Å². The van der Waals surface area contributed by atoms with E-state index >= 15 is 0 Å². The zero-order chi connectivity index (χ0) is 14.6. The molecule has 0 saturated carbocycles. The zero-order valence-corrected chi connectivity index (χ0v) is 12.9. The molecule has 0 N–H and O–H groups in total. The predicted octanol–water partition coefficient (Wildman–Crippen LogP) is 3.57. The number of alkyl halides is 1. The van der Waals surface area contributed by atoms with Gasteiger partial charge in [0, 0.05) is 12.7 Å². The van der Waals surface area contributed by atoms with Gasteiger partial charge in [-0.05, 0) is 57.8 Å². The maximum absolute atomic E-state index is 13.6. The highest BCUT2D eigenvalue weighted by Crippen LogP contribution is 2.24. The molecule has 20 heavy (non-hydrogen) atoms. The van der Waals surface area contributed by atoms with Crippen molar-refractivity contribution in [1.82, 2.24) is 9.88 Å². The molecule has 1 aromatic heterocycles. The van der Waals surface area contributed by atoms with Crippen LogP contribution in [0.5, 0.6) is 5.75 Å². The number of rotatable bonds is 5. The van der Waals surface area contributed by atoms with E-state index in [2.05, 4.69) is 9.88 Å². The van der Waals surface area contributed by atoms with Gasteiger partial charge in [0.05, 0.1) is 6.61 Å². The molecule has 1 fully saturated rings. The fraction of sp³-hybridized carbons (Fsp3) is 0.667. The number of halogens is 2. The summed E-state index contributed by atoms with van der Waals surface area (Å²) in [6.07, 6.45) is 3.72. The summed E-state index contributed by atoms with van der Waals surface area (Å²) in [5.41, 5.74) is -1.12. The highest BCUT2D eigenvalue weighted by molar-refractivity contribution is 6.30. The largest absolute Gasteiger partial charge is 0.490 e. The second kappa shape index (κ2) is 6.72. The predicted molar refractivity (Wildman–Crippen MR) is 79.1 cm³/mol. The minimum absolute atomic E-state index is 0.407. The summed E-state index contributed by atoms with van der Waals surface area (Å²) in [5.74, 6) is 1.15. The molecule has 0 spiro atoms. The third-order valence-corrected chi connectivity index (χ3v) is 3.79. The van der Waals surface area contributed by atoms with Crippen LogP contribution in [0.1, 0.15) is 26.7 Å².